The normalized spacial score (nSPS) is 22.5. The molecule has 1 amide bonds. The lowest BCUT2D eigenvalue weighted by Gasteiger charge is -2.24. The number of carbonyl (C=O) groups excluding carboxylic acids is 1. The molecule has 1 atom stereocenters. The highest BCUT2D eigenvalue weighted by atomic mass is 35.5. The fraction of sp³-hybridized carbons (Fsp3) is 0.385. The number of benzene rings is 1. The van der Waals surface area contributed by atoms with E-state index in [1.54, 1.807) is 12.1 Å². The second-order valence-electron chi connectivity index (χ2n) is 5.12. The average molecular weight is 298 g/mol. The van der Waals surface area contributed by atoms with Crippen molar-refractivity contribution in [3.8, 4) is 0 Å². The topological polar surface area (TPSA) is 72.4 Å². The van der Waals surface area contributed by atoms with Crippen LogP contribution in [0.25, 0.3) is 0 Å². The van der Waals surface area contributed by atoms with Gasteiger partial charge in [-0.1, -0.05) is 23.8 Å². The van der Waals surface area contributed by atoms with Gasteiger partial charge in [-0.05, 0) is 31.5 Å². The molecule has 19 heavy (non-hydrogen) atoms. The molecule has 1 heterocycles. The fourth-order valence-electron chi connectivity index (χ4n) is 2.35. The molecule has 1 aliphatic heterocycles. The number of anilines is 1. The van der Waals surface area contributed by atoms with Crippen LogP contribution < -0.4 is 16.4 Å². The molecule has 0 aromatic heterocycles. The summed E-state index contributed by atoms with van der Waals surface area (Å²) in [5, 5.41) is 0.586. The van der Waals surface area contributed by atoms with Crippen molar-refractivity contribution in [2.24, 2.45) is 16.9 Å². The highest BCUT2D eigenvalue weighted by Crippen LogP contribution is 2.35. The van der Waals surface area contributed by atoms with E-state index >= 15 is 0 Å². The minimum Gasteiger partial charge on any atom is -0.389 e. The Balaban J connectivity index is 2.34. The van der Waals surface area contributed by atoms with Crippen LogP contribution in [0.2, 0.25) is 5.02 Å². The van der Waals surface area contributed by atoms with Crippen LogP contribution in [0.4, 0.5) is 5.69 Å². The number of thiocarbonyl (C=S) groups is 1. The van der Waals surface area contributed by atoms with E-state index in [9.17, 15) is 4.79 Å². The van der Waals surface area contributed by atoms with Crippen LogP contribution >= 0.6 is 23.8 Å². The molecular formula is C13H16ClN3OS. The van der Waals surface area contributed by atoms with E-state index in [-0.39, 0.29) is 5.91 Å². The maximum Gasteiger partial charge on any atom is 0.225 e. The second-order valence-corrected chi connectivity index (χ2v) is 6.00. The lowest BCUT2D eigenvalue weighted by molar-refractivity contribution is -0.125. The van der Waals surface area contributed by atoms with Gasteiger partial charge < -0.3 is 16.4 Å². The molecule has 1 saturated heterocycles. The zero-order valence-electron chi connectivity index (χ0n) is 10.6. The summed E-state index contributed by atoms with van der Waals surface area (Å²) in [5.41, 5.74) is 12.3. The number of halogens is 1. The molecule has 102 valence electrons. The molecule has 1 aromatic carbocycles. The molecule has 1 unspecified atom stereocenters. The van der Waals surface area contributed by atoms with Gasteiger partial charge in [0.05, 0.1) is 5.41 Å². The van der Waals surface area contributed by atoms with Crippen molar-refractivity contribution in [3.05, 3.63) is 28.8 Å². The summed E-state index contributed by atoms with van der Waals surface area (Å²) in [4.78, 5) is 13.9. The summed E-state index contributed by atoms with van der Waals surface area (Å²) in [7, 11) is 0. The number of primary amides is 1. The van der Waals surface area contributed by atoms with Gasteiger partial charge in [-0.2, -0.15) is 0 Å². The molecule has 1 fully saturated rings. The van der Waals surface area contributed by atoms with Crippen molar-refractivity contribution in [3.63, 3.8) is 0 Å². The van der Waals surface area contributed by atoms with E-state index in [2.05, 4.69) is 4.90 Å². The predicted octanol–water partition coefficient (Wildman–Crippen LogP) is 1.68. The van der Waals surface area contributed by atoms with Crippen LogP contribution in [0.3, 0.4) is 0 Å². The van der Waals surface area contributed by atoms with Gasteiger partial charge in [0, 0.05) is 29.4 Å². The maximum atomic E-state index is 11.5. The molecule has 6 heteroatoms. The third-order valence-electron chi connectivity index (χ3n) is 3.63. The van der Waals surface area contributed by atoms with Crippen molar-refractivity contribution >= 4 is 40.4 Å². The van der Waals surface area contributed by atoms with Crippen LogP contribution in [0.1, 0.15) is 18.9 Å². The average Bonchev–Trinajstić information content (AvgIpc) is 2.73. The first kappa shape index (κ1) is 14.1. The highest BCUT2D eigenvalue weighted by Gasteiger charge is 2.39. The first-order chi connectivity index (χ1) is 8.83. The second kappa shape index (κ2) is 4.98. The highest BCUT2D eigenvalue weighted by molar-refractivity contribution is 7.80. The number of hydrogen-bond donors (Lipinski definition) is 2. The zero-order chi connectivity index (χ0) is 14.2. The van der Waals surface area contributed by atoms with Crippen LogP contribution in [0.5, 0.6) is 0 Å². The molecule has 0 saturated carbocycles. The van der Waals surface area contributed by atoms with E-state index in [4.69, 9.17) is 35.3 Å². The Kier molecular flexibility index (Phi) is 3.69. The predicted molar refractivity (Wildman–Crippen MR) is 81.5 cm³/mol. The molecule has 0 bridgehead atoms. The fourth-order valence-corrected chi connectivity index (χ4v) is 2.68. The number of carbonyl (C=O) groups is 1. The van der Waals surface area contributed by atoms with E-state index in [0.717, 1.165) is 24.2 Å². The lowest BCUT2D eigenvalue weighted by atomic mass is 9.89. The van der Waals surface area contributed by atoms with Gasteiger partial charge >= 0.3 is 0 Å². The van der Waals surface area contributed by atoms with E-state index in [1.807, 2.05) is 13.0 Å². The third-order valence-corrected chi connectivity index (χ3v) is 4.09. The molecule has 1 aliphatic rings. The van der Waals surface area contributed by atoms with E-state index < -0.39 is 5.41 Å². The minimum absolute atomic E-state index is 0.277. The standard InChI is InChI=1S/C13H16ClN3OS/c1-13(12(16)18)4-5-17(7-13)10-3-2-8(14)6-9(10)11(15)19/h2-3,6H,4-5,7H2,1H3,(H2,15,19)(H2,16,18). The zero-order valence-corrected chi connectivity index (χ0v) is 12.2. The largest absolute Gasteiger partial charge is 0.389 e. The molecule has 4 nitrogen and oxygen atoms in total. The molecule has 0 radical (unpaired) electrons. The molecule has 0 spiro atoms. The first-order valence-corrected chi connectivity index (χ1v) is 6.76. The van der Waals surface area contributed by atoms with Gasteiger partial charge in [0.1, 0.15) is 4.99 Å². The van der Waals surface area contributed by atoms with Gasteiger partial charge in [-0.3, -0.25) is 4.79 Å². The van der Waals surface area contributed by atoms with Gasteiger partial charge in [0.25, 0.3) is 0 Å². The number of nitrogens with two attached hydrogens (primary N) is 2. The van der Waals surface area contributed by atoms with Crippen LogP contribution in [-0.4, -0.2) is 24.0 Å². The van der Waals surface area contributed by atoms with E-state index in [1.165, 1.54) is 0 Å². The van der Waals surface area contributed by atoms with Gasteiger partial charge in [0.2, 0.25) is 5.91 Å². The van der Waals surface area contributed by atoms with Crippen LogP contribution in [-0.2, 0) is 4.79 Å². The number of hydrogen-bond acceptors (Lipinski definition) is 3. The van der Waals surface area contributed by atoms with Crippen molar-refractivity contribution in [1.82, 2.24) is 0 Å². The van der Waals surface area contributed by atoms with Crippen molar-refractivity contribution in [2.75, 3.05) is 18.0 Å². The Hall–Kier alpha value is -1.33. The summed E-state index contributed by atoms with van der Waals surface area (Å²) in [5.74, 6) is -0.277. The quantitative estimate of drug-likeness (QED) is 0.833. The SMILES string of the molecule is CC1(C(N)=O)CCN(c2ccc(Cl)cc2C(N)=S)C1. The number of rotatable bonds is 3. The lowest BCUT2D eigenvalue weighted by Crippen LogP contribution is -2.37. The van der Waals surface area contributed by atoms with Crippen LogP contribution in [0, 0.1) is 5.41 Å². The Bertz CT molecular complexity index is 549. The first-order valence-electron chi connectivity index (χ1n) is 5.98. The number of nitrogens with zero attached hydrogens (tertiary/aromatic N) is 1. The Morgan fingerprint density at radius 3 is 2.68 bits per heavy atom. The molecule has 2 rings (SSSR count). The van der Waals surface area contributed by atoms with Gasteiger partial charge in [-0.25, -0.2) is 0 Å². The van der Waals surface area contributed by atoms with E-state index in [0.29, 0.717) is 16.6 Å². The van der Waals surface area contributed by atoms with Crippen molar-refractivity contribution < 1.29 is 4.79 Å². The Morgan fingerprint density at radius 1 is 1.47 bits per heavy atom. The molecule has 0 aliphatic carbocycles. The van der Waals surface area contributed by atoms with Gasteiger partial charge in [-0.15, -0.1) is 0 Å². The summed E-state index contributed by atoms with van der Waals surface area (Å²) in [6.07, 6.45) is 0.724. The summed E-state index contributed by atoms with van der Waals surface area (Å²) >= 11 is 11.0. The van der Waals surface area contributed by atoms with Crippen molar-refractivity contribution in [2.45, 2.75) is 13.3 Å². The minimum atomic E-state index is -0.507. The maximum absolute atomic E-state index is 11.5. The number of amides is 1. The van der Waals surface area contributed by atoms with Crippen LogP contribution in [0.15, 0.2) is 18.2 Å². The van der Waals surface area contributed by atoms with Crippen molar-refractivity contribution in [1.29, 1.82) is 0 Å². The smallest absolute Gasteiger partial charge is 0.225 e. The van der Waals surface area contributed by atoms with Gasteiger partial charge in [0.15, 0.2) is 0 Å². The monoisotopic (exact) mass is 297 g/mol. The molecule has 1 aromatic rings. The summed E-state index contributed by atoms with van der Waals surface area (Å²) < 4.78 is 0. The molecule has 4 N–H and O–H groups in total. The summed E-state index contributed by atoms with van der Waals surface area (Å²) in [6, 6.07) is 5.42. The Morgan fingerprint density at radius 2 is 2.16 bits per heavy atom. The Labute approximate surface area is 122 Å². The molecular weight excluding hydrogens is 282 g/mol. The third kappa shape index (κ3) is 2.67. The summed E-state index contributed by atoms with van der Waals surface area (Å²) in [6.45, 7) is 3.20.